The molecule has 0 saturated heterocycles. The lowest BCUT2D eigenvalue weighted by Crippen LogP contribution is -2.26. The van der Waals surface area contributed by atoms with Crippen LogP contribution in [0.1, 0.15) is 5.56 Å². The zero-order valence-electron chi connectivity index (χ0n) is 9.63. The number of nitrogens with zero attached hydrogens (tertiary/aromatic N) is 2. The Hall–Kier alpha value is -1.79. The number of alkyl halides is 3. The van der Waals surface area contributed by atoms with E-state index in [-0.39, 0.29) is 18.1 Å². The summed E-state index contributed by atoms with van der Waals surface area (Å²) in [5.74, 6) is 6.10. The molecule has 0 bridgehead atoms. The molecule has 2 rings (SSSR count). The van der Waals surface area contributed by atoms with Crippen LogP contribution in [0.15, 0.2) is 48.7 Å². The maximum atomic E-state index is 12.6. The van der Waals surface area contributed by atoms with Crippen LogP contribution in [0.25, 0.3) is 0 Å². The second-order valence-corrected chi connectivity index (χ2v) is 3.61. The normalized spacial score (nSPS) is 10.7. The van der Waals surface area contributed by atoms with Crippen LogP contribution in [-0.4, -0.2) is 4.98 Å². The van der Waals surface area contributed by atoms with Crippen molar-refractivity contribution in [1.82, 2.24) is 4.98 Å². The Balaban J connectivity index is 0.00000180. The van der Waals surface area contributed by atoms with Crippen LogP contribution in [0.2, 0.25) is 0 Å². The molecule has 1 heterocycles. The molecule has 0 aliphatic carbocycles. The monoisotopic (exact) mass is 289 g/mol. The first kappa shape index (κ1) is 15.3. The van der Waals surface area contributed by atoms with Gasteiger partial charge in [-0.3, -0.25) is 5.01 Å². The predicted octanol–water partition coefficient (Wildman–Crippen LogP) is 3.53. The topological polar surface area (TPSA) is 42.1 Å². The molecule has 2 aromatic rings. The van der Waals surface area contributed by atoms with Crippen molar-refractivity contribution in [1.29, 1.82) is 0 Å². The van der Waals surface area contributed by atoms with E-state index in [4.69, 9.17) is 5.84 Å². The van der Waals surface area contributed by atoms with E-state index in [1.807, 2.05) is 0 Å². The minimum atomic E-state index is -4.39. The van der Waals surface area contributed by atoms with Gasteiger partial charge < -0.3 is 0 Å². The zero-order valence-corrected chi connectivity index (χ0v) is 10.4. The molecular formula is C12H11ClF3N3. The summed E-state index contributed by atoms with van der Waals surface area (Å²) < 4.78 is 37.7. The third-order valence-corrected chi connectivity index (χ3v) is 2.35. The van der Waals surface area contributed by atoms with Crippen molar-refractivity contribution in [3.05, 3.63) is 54.2 Å². The Labute approximate surface area is 114 Å². The molecule has 0 fully saturated rings. The summed E-state index contributed by atoms with van der Waals surface area (Å²) in [5, 5.41) is 1.11. The summed E-state index contributed by atoms with van der Waals surface area (Å²) in [5.41, 5.74) is -0.519. The Bertz CT molecular complexity index is 531. The molecule has 0 spiro atoms. The van der Waals surface area contributed by atoms with Crippen molar-refractivity contribution in [2.45, 2.75) is 6.18 Å². The molecule has 7 heteroatoms. The number of anilines is 2. The third-order valence-electron chi connectivity index (χ3n) is 2.35. The standard InChI is InChI=1S/C12H10F3N3.ClH/c13-12(14,15)9-4-3-5-10(8-9)18(16)11-6-1-2-7-17-11;/h1-8H,16H2;1H. The highest BCUT2D eigenvalue weighted by Gasteiger charge is 2.30. The minimum Gasteiger partial charge on any atom is -0.262 e. The van der Waals surface area contributed by atoms with E-state index in [0.29, 0.717) is 5.82 Å². The van der Waals surface area contributed by atoms with E-state index in [0.717, 1.165) is 17.1 Å². The number of aromatic nitrogens is 1. The first-order valence-corrected chi connectivity index (χ1v) is 5.11. The van der Waals surface area contributed by atoms with Gasteiger partial charge in [-0.1, -0.05) is 12.1 Å². The molecule has 102 valence electrons. The van der Waals surface area contributed by atoms with E-state index >= 15 is 0 Å². The van der Waals surface area contributed by atoms with Crippen molar-refractivity contribution in [2.24, 2.45) is 5.84 Å². The highest BCUT2D eigenvalue weighted by Crippen LogP contribution is 2.32. The average molecular weight is 290 g/mol. The van der Waals surface area contributed by atoms with Crippen molar-refractivity contribution < 1.29 is 13.2 Å². The highest BCUT2D eigenvalue weighted by atomic mass is 35.5. The van der Waals surface area contributed by atoms with Crippen molar-refractivity contribution in [3.63, 3.8) is 0 Å². The fourth-order valence-electron chi connectivity index (χ4n) is 1.46. The van der Waals surface area contributed by atoms with Gasteiger partial charge in [0.25, 0.3) is 0 Å². The lowest BCUT2D eigenvalue weighted by Gasteiger charge is -2.18. The van der Waals surface area contributed by atoms with Crippen molar-refractivity contribution in [2.75, 3.05) is 5.01 Å². The number of rotatable bonds is 2. The number of hydrazine groups is 1. The summed E-state index contributed by atoms with van der Waals surface area (Å²) >= 11 is 0. The van der Waals surface area contributed by atoms with Crippen molar-refractivity contribution in [3.8, 4) is 0 Å². The Morgan fingerprint density at radius 2 is 1.79 bits per heavy atom. The largest absolute Gasteiger partial charge is 0.416 e. The van der Waals surface area contributed by atoms with Gasteiger partial charge in [0.05, 0.1) is 11.3 Å². The van der Waals surface area contributed by atoms with Gasteiger partial charge in [0.1, 0.15) is 5.82 Å². The van der Waals surface area contributed by atoms with Crippen LogP contribution in [0.5, 0.6) is 0 Å². The van der Waals surface area contributed by atoms with Gasteiger partial charge in [0.2, 0.25) is 0 Å². The van der Waals surface area contributed by atoms with Crippen molar-refractivity contribution >= 4 is 23.9 Å². The van der Waals surface area contributed by atoms with Gasteiger partial charge in [-0.25, -0.2) is 10.8 Å². The fourth-order valence-corrected chi connectivity index (χ4v) is 1.46. The van der Waals surface area contributed by atoms with Gasteiger partial charge in [-0.2, -0.15) is 13.2 Å². The van der Waals surface area contributed by atoms with Gasteiger partial charge in [-0.05, 0) is 30.3 Å². The number of hydrogen-bond donors (Lipinski definition) is 1. The van der Waals surface area contributed by atoms with Crippen LogP contribution in [0.4, 0.5) is 24.7 Å². The first-order chi connectivity index (χ1) is 8.48. The number of hydrogen-bond acceptors (Lipinski definition) is 3. The average Bonchev–Trinajstić information content (AvgIpc) is 2.38. The molecule has 1 aromatic carbocycles. The maximum Gasteiger partial charge on any atom is 0.416 e. The second kappa shape index (κ2) is 5.90. The van der Waals surface area contributed by atoms with E-state index < -0.39 is 11.7 Å². The van der Waals surface area contributed by atoms with Gasteiger partial charge in [0, 0.05) is 6.20 Å². The number of pyridine rings is 1. The second-order valence-electron chi connectivity index (χ2n) is 3.61. The Morgan fingerprint density at radius 1 is 1.05 bits per heavy atom. The minimum absolute atomic E-state index is 0. The molecular weight excluding hydrogens is 279 g/mol. The summed E-state index contributed by atoms with van der Waals surface area (Å²) in [6.07, 6.45) is -2.87. The van der Waals surface area contributed by atoms with E-state index in [2.05, 4.69) is 4.98 Å². The smallest absolute Gasteiger partial charge is 0.262 e. The predicted molar refractivity (Wildman–Crippen MR) is 69.3 cm³/mol. The van der Waals surface area contributed by atoms with Crippen LogP contribution in [-0.2, 0) is 6.18 Å². The van der Waals surface area contributed by atoms with Gasteiger partial charge in [0.15, 0.2) is 0 Å². The molecule has 0 unspecified atom stereocenters. The zero-order chi connectivity index (χ0) is 13.2. The van der Waals surface area contributed by atoms with Crippen LogP contribution in [0.3, 0.4) is 0 Å². The van der Waals surface area contributed by atoms with E-state index in [1.165, 1.54) is 18.3 Å². The molecule has 0 radical (unpaired) electrons. The Morgan fingerprint density at radius 3 is 2.37 bits per heavy atom. The lowest BCUT2D eigenvalue weighted by molar-refractivity contribution is -0.137. The summed E-state index contributed by atoms with van der Waals surface area (Å²) in [4.78, 5) is 3.97. The van der Waals surface area contributed by atoms with E-state index in [9.17, 15) is 13.2 Å². The number of halogens is 4. The Kier molecular flexibility index (Phi) is 4.74. The van der Waals surface area contributed by atoms with Crippen LogP contribution >= 0.6 is 12.4 Å². The number of nitrogens with two attached hydrogens (primary N) is 1. The molecule has 3 nitrogen and oxygen atoms in total. The van der Waals surface area contributed by atoms with Crippen LogP contribution in [0, 0.1) is 0 Å². The lowest BCUT2D eigenvalue weighted by atomic mass is 10.2. The number of benzene rings is 1. The third kappa shape index (κ3) is 3.59. The highest BCUT2D eigenvalue weighted by molar-refractivity contribution is 5.85. The first-order valence-electron chi connectivity index (χ1n) is 5.11. The SMILES string of the molecule is Cl.NN(c1cccc(C(F)(F)F)c1)c1ccccn1. The quantitative estimate of drug-likeness (QED) is 0.679. The van der Waals surface area contributed by atoms with Gasteiger partial charge in [-0.15, -0.1) is 12.4 Å². The molecule has 0 amide bonds. The van der Waals surface area contributed by atoms with Crippen LogP contribution < -0.4 is 10.9 Å². The molecule has 0 saturated carbocycles. The maximum absolute atomic E-state index is 12.6. The molecule has 1 aromatic heterocycles. The van der Waals surface area contributed by atoms with Gasteiger partial charge >= 0.3 is 6.18 Å². The molecule has 0 atom stereocenters. The fraction of sp³-hybridized carbons (Fsp3) is 0.0833. The summed E-state index contributed by atoms with van der Waals surface area (Å²) in [6, 6.07) is 9.79. The summed E-state index contributed by atoms with van der Waals surface area (Å²) in [6.45, 7) is 0. The molecule has 0 aliphatic heterocycles. The summed E-state index contributed by atoms with van der Waals surface area (Å²) in [7, 11) is 0. The molecule has 0 aliphatic rings. The van der Waals surface area contributed by atoms with E-state index in [1.54, 1.807) is 18.2 Å². The molecule has 2 N–H and O–H groups in total. The molecule has 19 heavy (non-hydrogen) atoms.